The van der Waals surface area contributed by atoms with Crippen LogP contribution in [0.2, 0.25) is 0 Å². The monoisotopic (exact) mass is 350 g/mol. The second-order valence-electron chi connectivity index (χ2n) is 6.82. The van der Waals surface area contributed by atoms with E-state index in [0.717, 1.165) is 30.6 Å². The fraction of sp³-hybridized carbons (Fsp3) is 0.667. The summed E-state index contributed by atoms with van der Waals surface area (Å²) in [5, 5.41) is 7.58. The molecule has 1 aromatic carbocycles. The van der Waals surface area contributed by atoms with Gasteiger partial charge in [0, 0.05) is 22.6 Å². The Bertz CT molecular complexity index is 450. The molecule has 3 atom stereocenters. The van der Waals surface area contributed by atoms with Crippen molar-refractivity contribution in [2.24, 2.45) is 5.92 Å². The second kappa shape index (κ2) is 7.26. The maximum atomic E-state index is 3.86. The Balaban J connectivity index is 1.48. The van der Waals surface area contributed by atoms with E-state index < -0.39 is 0 Å². The fourth-order valence-electron chi connectivity index (χ4n) is 3.92. The van der Waals surface area contributed by atoms with Gasteiger partial charge in [0.1, 0.15) is 0 Å². The summed E-state index contributed by atoms with van der Waals surface area (Å²) in [5.74, 6) is 0.742. The summed E-state index contributed by atoms with van der Waals surface area (Å²) in [6.07, 6.45) is 7.85. The maximum absolute atomic E-state index is 3.86. The molecule has 0 radical (unpaired) electrons. The SMILES string of the molecule is CCC(CNC1CC2CCC(C1)N2)Cc1cccc(Br)c1. The molecule has 3 rings (SSSR count). The lowest BCUT2D eigenvalue weighted by Gasteiger charge is -2.31. The van der Waals surface area contributed by atoms with Crippen molar-refractivity contribution in [2.75, 3.05) is 6.54 Å². The number of halogens is 1. The van der Waals surface area contributed by atoms with Gasteiger partial charge in [0.25, 0.3) is 0 Å². The third kappa shape index (κ3) is 4.30. The number of piperidine rings is 1. The van der Waals surface area contributed by atoms with Crippen LogP contribution in [0.25, 0.3) is 0 Å². The van der Waals surface area contributed by atoms with Crippen LogP contribution in [0.5, 0.6) is 0 Å². The first kappa shape index (κ1) is 15.5. The van der Waals surface area contributed by atoms with Crippen LogP contribution in [-0.2, 0) is 6.42 Å². The third-order valence-electron chi connectivity index (χ3n) is 5.16. The molecule has 116 valence electrons. The topological polar surface area (TPSA) is 24.1 Å². The van der Waals surface area contributed by atoms with Crippen molar-refractivity contribution in [2.45, 2.75) is 63.6 Å². The van der Waals surface area contributed by atoms with E-state index in [4.69, 9.17) is 0 Å². The van der Waals surface area contributed by atoms with Gasteiger partial charge in [-0.2, -0.15) is 0 Å². The Kier molecular flexibility index (Phi) is 5.36. The van der Waals surface area contributed by atoms with Gasteiger partial charge in [0.2, 0.25) is 0 Å². The normalized spacial score (nSPS) is 29.5. The molecule has 3 heteroatoms. The predicted octanol–water partition coefficient (Wildman–Crippen LogP) is 3.89. The van der Waals surface area contributed by atoms with E-state index in [9.17, 15) is 0 Å². The van der Waals surface area contributed by atoms with Gasteiger partial charge in [-0.1, -0.05) is 41.4 Å². The van der Waals surface area contributed by atoms with Crippen LogP contribution < -0.4 is 10.6 Å². The lowest BCUT2D eigenvalue weighted by Crippen LogP contribution is -2.47. The number of benzene rings is 1. The quantitative estimate of drug-likeness (QED) is 0.813. The van der Waals surface area contributed by atoms with Gasteiger partial charge in [-0.15, -0.1) is 0 Å². The van der Waals surface area contributed by atoms with Crippen molar-refractivity contribution < 1.29 is 0 Å². The number of hydrogen-bond acceptors (Lipinski definition) is 2. The minimum atomic E-state index is 0.736. The van der Waals surface area contributed by atoms with Crippen molar-refractivity contribution in [3.05, 3.63) is 34.3 Å². The molecule has 2 nitrogen and oxygen atoms in total. The molecule has 2 heterocycles. The van der Waals surface area contributed by atoms with E-state index in [2.05, 4.69) is 57.8 Å². The van der Waals surface area contributed by atoms with Gasteiger partial charge >= 0.3 is 0 Å². The number of fused-ring (bicyclic) bond motifs is 2. The first-order chi connectivity index (χ1) is 10.2. The predicted molar refractivity (Wildman–Crippen MR) is 92.6 cm³/mol. The van der Waals surface area contributed by atoms with Crippen LogP contribution in [0.3, 0.4) is 0 Å². The Morgan fingerprint density at radius 3 is 2.71 bits per heavy atom. The number of nitrogens with one attached hydrogen (secondary N) is 2. The van der Waals surface area contributed by atoms with Gasteiger partial charge in [-0.25, -0.2) is 0 Å². The van der Waals surface area contributed by atoms with E-state index in [0.29, 0.717) is 0 Å². The van der Waals surface area contributed by atoms with Gasteiger partial charge < -0.3 is 10.6 Å². The summed E-state index contributed by atoms with van der Waals surface area (Å²) >= 11 is 3.57. The Labute approximate surface area is 137 Å². The zero-order valence-electron chi connectivity index (χ0n) is 12.9. The van der Waals surface area contributed by atoms with Crippen LogP contribution in [-0.4, -0.2) is 24.7 Å². The van der Waals surface area contributed by atoms with E-state index in [-0.39, 0.29) is 0 Å². The van der Waals surface area contributed by atoms with Crippen LogP contribution in [0.15, 0.2) is 28.7 Å². The van der Waals surface area contributed by atoms with Crippen LogP contribution >= 0.6 is 15.9 Å². The van der Waals surface area contributed by atoms with E-state index in [1.807, 2.05) is 0 Å². The first-order valence-corrected chi connectivity index (χ1v) is 9.26. The Morgan fingerprint density at radius 1 is 1.29 bits per heavy atom. The summed E-state index contributed by atoms with van der Waals surface area (Å²) in [6, 6.07) is 11.1. The average Bonchev–Trinajstić information content (AvgIpc) is 2.82. The highest BCUT2D eigenvalue weighted by atomic mass is 79.9. The molecule has 2 aliphatic heterocycles. The molecule has 1 aromatic rings. The molecule has 0 aromatic heterocycles. The summed E-state index contributed by atoms with van der Waals surface area (Å²) < 4.78 is 1.19. The smallest absolute Gasteiger partial charge is 0.0177 e. The third-order valence-corrected chi connectivity index (χ3v) is 5.65. The molecule has 2 aliphatic rings. The molecule has 2 fully saturated rings. The van der Waals surface area contributed by atoms with Crippen LogP contribution in [0.1, 0.15) is 44.6 Å². The molecular weight excluding hydrogens is 324 g/mol. The Hall–Kier alpha value is -0.380. The standard InChI is InChI=1S/C18H27BrN2/c1-2-13(8-14-4-3-5-15(19)9-14)12-20-18-10-16-6-7-17(11-18)21-16/h3-5,9,13,16-18,20-21H,2,6-8,10-12H2,1H3. The van der Waals surface area contributed by atoms with Crippen molar-refractivity contribution in [1.29, 1.82) is 0 Å². The van der Waals surface area contributed by atoms with Gasteiger partial charge in [0.05, 0.1) is 0 Å². The summed E-state index contributed by atoms with van der Waals surface area (Å²) in [6.45, 7) is 3.48. The molecule has 3 unspecified atom stereocenters. The average molecular weight is 351 g/mol. The highest BCUT2D eigenvalue weighted by molar-refractivity contribution is 9.10. The van der Waals surface area contributed by atoms with E-state index >= 15 is 0 Å². The lowest BCUT2D eigenvalue weighted by atomic mass is 9.95. The van der Waals surface area contributed by atoms with Crippen molar-refractivity contribution in [1.82, 2.24) is 10.6 Å². The zero-order valence-corrected chi connectivity index (χ0v) is 14.5. The zero-order chi connectivity index (χ0) is 14.7. The second-order valence-corrected chi connectivity index (χ2v) is 7.74. The van der Waals surface area contributed by atoms with Crippen LogP contribution in [0.4, 0.5) is 0 Å². The Morgan fingerprint density at radius 2 is 2.05 bits per heavy atom. The van der Waals surface area contributed by atoms with E-state index in [1.165, 1.54) is 48.6 Å². The van der Waals surface area contributed by atoms with E-state index in [1.54, 1.807) is 0 Å². The first-order valence-electron chi connectivity index (χ1n) is 8.46. The molecule has 0 aliphatic carbocycles. The minimum absolute atomic E-state index is 0.736. The molecule has 2 N–H and O–H groups in total. The maximum Gasteiger partial charge on any atom is 0.0177 e. The molecule has 0 saturated carbocycles. The highest BCUT2D eigenvalue weighted by Crippen LogP contribution is 2.27. The number of rotatable bonds is 6. The molecule has 21 heavy (non-hydrogen) atoms. The van der Waals surface area contributed by atoms with Gasteiger partial charge in [-0.3, -0.25) is 0 Å². The summed E-state index contributed by atoms with van der Waals surface area (Å²) in [4.78, 5) is 0. The van der Waals surface area contributed by atoms with Crippen LogP contribution in [0, 0.1) is 5.92 Å². The molecule has 0 amide bonds. The molecule has 2 saturated heterocycles. The summed E-state index contributed by atoms with van der Waals surface area (Å²) in [7, 11) is 0. The molecule has 0 spiro atoms. The lowest BCUT2D eigenvalue weighted by molar-refractivity contribution is 0.300. The highest BCUT2D eigenvalue weighted by Gasteiger charge is 2.33. The molecule has 2 bridgehead atoms. The largest absolute Gasteiger partial charge is 0.314 e. The van der Waals surface area contributed by atoms with Crippen molar-refractivity contribution in [3.8, 4) is 0 Å². The van der Waals surface area contributed by atoms with Crippen molar-refractivity contribution >= 4 is 15.9 Å². The van der Waals surface area contributed by atoms with Crippen molar-refractivity contribution in [3.63, 3.8) is 0 Å². The molecular formula is C18H27BrN2. The van der Waals surface area contributed by atoms with Gasteiger partial charge in [-0.05, 0) is 62.3 Å². The van der Waals surface area contributed by atoms with Gasteiger partial charge in [0.15, 0.2) is 0 Å². The minimum Gasteiger partial charge on any atom is -0.314 e. The number of hydrogen-bond donors (Lipinski definition) is 2. The fourth-order valence-corrected chi connectivity index (χ4v) is 4.36. The summed E-state index contributed by atoms with van der Waals surface area (Å²) in [5.41, 5.74) is 1.45.